The molecule has 4 nitrogen and oxygen atoms in total. The zero-order valence-corrected chi connectivity index (χ0v) is 18.0. The first-order valence-corrected chi connectivity index (χ1v) is 11.1. The molecule has 2 saturated carbocycles. The summed E-state index contributed by atoms with van der Waals surface area (Å²) in [6.07, 6.45) is 4.98. The molecule has 3 unspecified atom stereocenters. The van der Waals surface area contributed by atoms with Crippen LogP contribution < -0.4 is 0 Å². The molecule has 3 aliphatic rings. The second kappa shape index (κ2) is 7.88. The van der Waals surface area contributed by atoms with Gasteiger partial charge in [0.25, 0.3) is 0 Å². The molecule has 158 valence electrons. The van der Waals surface area contributed by atoms with E-state index in [9.17, 15) is 9.90 Å². The molecule has 0 aromatic heterocycles. The van der Waals surface area contributed by atoms with Gasteiger partial charge in [-0.05, 0) is 63.0 Å². The van der Waals surface area contributed by atoms with Crippen molar-refractivity contribution in [2.45, 2.75) is 64.2 Å². The molecule has 2 aliphatic carbocycles. The summed E-state index contributed by atoms with van der Waals surface area (Å²) in [6.45, 7) is 9.39. The van der Waals surface area contributed by atoms with Crippen LogP contribution in [0.3, 0.4) is 0 Å². The molecule has 1 saturated heterocycles. The molecule has 7 atom stereocenters. The van der Waals surface area contributed by atoms with Crippen LogP contribution in [0.15, 0.2) is 42.5 Å². The lowest BCUT2D eigenvalue weighted by molar-refractivity contribution is -0.146. The van der Waals surface area contributed by atoms with Gasteiger partial charge in [0.15, 0.2) is 0 Å². The molecule has 1 heterocycles. The van der Waals surface area contributed by atoms with Crippen LogP contribution >= 0.6 is 0 Å². The van der Waals surface area contributed by atoms with Crippen molar-refractivity contribution >= 4 is 5.97 Å². The normalized spacial score (nSPS) is 36.3. The van der Waals surface area contributed by atoms with Crippen LogP contribution in [0, 0.1) is 23.2 Å². The van der Waals surface area contributed by atoms with Crippen LogP contribution in [0.2, 0.25) is 0 Å². The Morgan fingerprint density at radius 2 is 2.07 bits per heavy atom. The fourth-order valence-electron chi connectivity index (χ4n) is 6.11. The Labute approximate surface area is 174 Å². The van der Waals surface area contributed by atoms with Gasteiger partial charge in [-0.1, -0.05) is 49.4 Å². The van der Waals surface area contributed by atoms with Gasteiger partial charge in [0.1, 0.15) is 6.10 Å². The number of benzene rings is 1. The van der Waals surface area contributed by atoms with E-state index < -0.39 is 6.10 Å². The first-order valence-electron chi connectivity index (χ1n) is 11.1. The highest BCUT2D eigenvalue weighted by molar-refractivity contribution is 5.75. The summed E-state index contributed by atoms with van der Waals surface area (Å²) in [4.78, 5) is 14.9. The molecule has 1 aliphatic heterocycles. The van der Waals surface area contributed by atoms with Crippen molar-refractivity contribution < 1.29 is 14.6 Å². The van der Waals surface area contributed by atoms with Crippen LogP contribution in [-0.4, -0.2) is 41.7 Å². The second-order valence-electron chi connectivity index (χ2n) is 9.94. The van der Waals surface area contributed by atoms with Crippen molar-refractivity contribution in [2.24, 2.45) is 23.2 Å². The number of aliphatic hydroxyl groups is 1. The summed E-state index contributed by atoms with van der Waals surface area (Å²) < 4.78 is 5.90. The monoisotopic (exact) mass is 397 g/mol. The number of carbonyl (C=O) groups is 1. The van der Waals surface area contributed by atoms with E-state index in [2.05, 4.69) is 18.4 Å². The molecule has 1 aromatic carbocycles. The van der Waals surface area contributed by atoms with E-state index in [1.54, 1.807) is 0 Å². The predicted octanol–water partition coefficient (Wildman–Crippen LogP) is 4.35. The van der Waals surface area contributed by atoms with Crippen molar-refractivity contribution in [1.82, 2.24) is 4.90 Å². The van der Waals surface area contributed by atoms with Gasteiger partial charge in [0.05, 0.1) is 12.0 Å². The van der Waals surface area contributed by atoms with Gasteiger partial charge in [-0.3, -0.25) is 9.69 Å². The maximum absolute atomic E-state index is 12.8. The molecule has 0 spiro atoms. The van der Waals surface area contributed by atoms with Gasteiger partial charge in [-0.15, -0.1) is 0 Å². The number of rotatable bonds is 5. The Balaban J connectivity index is 1.46. The third kappa shape index (κ3) is 3.77. The second-order valence-corrected chi connectivity index (χ2v) is 9.94. The fraction of sp³-hybridized carbons (Fsp3) is 0.640. The molecule has 0 radical (unpaired) electrons. The van der Waals surface area contributed by atoms with E-state index in [-0.39, 0.29) is 35.4 Å². The quantitative estimate of drug-likeness (QED) is 0.593. The van der Waals surface area contributed by atoms with Crippen molar-refractivity contribution in [3.63, 3.8) is 0 Å². The SMILES string of the molecule is C=C1CCC[C@]2(C)C[C@H]3OC(=O)[C@@H](CN(C)C(C)C(O)c4ccccc4)C3C[C@@H]12. The van der Waals surface area contributed by atoms with Crippen LogP contribution in [0.1, 0.15) is 57.6 Å². The van der Waals surface area contributed by atoms with E-state index >= 15 is 0 Å². The molecular weight excluding hydrogens is 362 g/mol. The lowest BCUT2D eigenvalue weighted by Crippen LogP contribution is -2.46. The van der Waals surface area contributed by atoms with Crippen molar-refractivity contribution in [3.05, 3.63) is 48.0 Å². The zero-order valence-electron chi connectivity index (χ0n) is 18.0. The lowest BCUT2D eigenvalue weighted by atomic mass is 9.55. The number of allylic oxidation sites excluding steroid dienone is 1. The van der Waals surface area contributed by atoms with Gasteiger partial charge in [-0.25, -0.2) is 0 Å². The summed E-state index contributed by atoms with van der Waals surface area (Å²) in [5.41, 5.74) is 2.51. The number of esters is 1. The van der Waals surface area contributed by atoms with E-state index in [1.165, 1.54) is 18.4 Å². The van der Waals surface area contributed by atoms with Gasteiger partial charge in [0.2, 0.25) is 0 Å². The Morgan fingerprint density at radius 3 is 2.79 bits per heavy atom. The van der Waals surface area contributed by atoms with E-state index in [0.29, 0.717) is 12.5 Å². The number of nitrogens with zero attached hydrogens (tertiary/aromatic N) is 1. The number of fused-ring (bicyclic) bond motifs is 2. The van der Waals surface area contributed by atoms with Gasteiger partial charge < -0.3 is 9.84 Å². The van der Waals surface area contributed by atoms with Crippen LogP contribution in [0.5, 0.6) is 0 Å². The minimum Gasteiger partial charge on any atom is -0.462 e. The Bertz CT molecular complexity index is 763. The summed E-state index contributed by atoms with van der Waals surface area (Å²) >= 11 is 0. The van der Waals surface area contributed by atoms with Crippen molar-refractivity contribution in [1.29, 1.82) is 0 Å². The molecule has 0 bridgehead atoms. The van der Waals surface area contributed by atoms with Crippen molar-refractivity contribution in [3.8, 4) is 0 Å². The van der Waals surface area contributed by atoms with Crippen molar-refractivity contribution in [2.75, 3.05) is 13.6 Å². The molecule has 29 heavy (non-hydrogen) atoms. The summed E-state index contributed by atoms with van der Waals surface area (Å²) in [6, 6.07) is 9.66. The highest BCUT2D eigenvalue weighted by Gasteiger charge is 2.55. The molecule has 4 heteroatoms. The predicted molar refractivity (Wildman–Crippen MR) is 114 cm³/mol. The molecule has 4 rings (SSSR count). The highest BCUT2D eigenvalue weighted by Crippen LogP contribution is 2.57. The van der Waals surface area contributed by atoms with E-state index in [4.69, 9.17) is 4.74 Å². The molecule has 1 N–H and O–H groups in total. The third-order valence-electron chi connectivity index (χ3n) is 8.10. The van der Waals surface area contributed by atoms with Gasteiger partial charge in [-0.2, -0.15) is 0 Å². The van der Waals surface area contributed by atoms with Crippen LogP contribution in [0.25, 0.3) is 0 Å². The molecule has 1 aromatic rings. The smallest absolute Gasteiger partial charge is 0.310 e. The van der Waals surface area contributed by atoms with Crippen LogP contribution in [0.4, 0.5) is 0 Å². The molecule has 0 amide bonds. The summed E-state index contributed by atoms with van der Waals surface area (Å²) in [7, 11) is 2.00. The molecule has 3 fully saturated rings. The topological polar surface area (TPSA) is 49.8 Å². The maximum atomic E-state index is 12.8. The average Bonchev–Trinajstić information content (AvgIpc) is 2.99. The zero-order chi connectivity index (χ0) is 20.8. The Kier molecular flexibility index (Phi) is 5.60. The molecular formula is C25H35NO3. The Hall–Kier alpha value is -1.65. The number of carbonyl (C=O) groups excluding carboxylic acids is 1. The van der Waals surface area contributed by atoms with E-state index in [1.807, 2.05) is 44.3 Å². The summed E-state index contributed by atoms with van der Waals surface area (Å²) in [5, 5.41) is 10.8. The highest BCUT2D eigenvalue weighted by atomic mass is 16.6. The average molecular weight is 398 g/mol. The first-order chi connectivity index (χ1) is 13.8. The minimum absolute atomic E-state index is 0.0439. The Morgan fingerprint density at radius 1 is 1.34 bits per heavy atom. The minimum atomic E-state index is -0.581. The maximum Gasteiger partial charge on any atom is 0.310 e. The fourth-order valence-corrected chi connectivity index (χ4v) is 6.11. The summed E-state index contributed by atoms with van der Waals surface area (Å²) in [5.74, 6) is 0.599. The largest absolute Gasteiger partial charge is 0.462 e. The van der Waals surface area contributed by atoms with E-state index in [0.717, 1.165) is 24.8 Å². The van der Waals surface area contributed by atoms with Crippen LogP contribution in [-0.2, 0) is 9.53 Å². The lowest BCUT2D eigenvalue weighted by Gasteiger charge is -2.50. The number of aliphatic hydroxyl groups excluding tert-OH is 1. The number of likely N-dealkylation sites (N-methyl/N-ethyl adjacent to an activating group) is 1. The van der Waals surface area contributed by atoms with Gasteiger partial charge >= 0.3 is 5.97 Å². The first kappa shape index (κ1) is 20.6. The number of hydrogen-bond donors (Lipinski definition) is 1. The third-order valence-corrected chi connectivity index (χ3v) is 8.10. The number of hydrogen-bond acceptors (Lipinski definition) is 4. The number of ether oxygens (including phenoxy) is 1. The standard InChI is InChI=1S/C25H35NO3/c1-16-9-8-12-25(3)14-22-19(13-21(16)25)20(24(28)29-22)15-26(4)17(2)23(27)18-10-6-5-7-11-18/h5-7,10-11,17,19-23,27H,1,8-9,12-15H2,2-4H3/t17?,19?,20-,21-,22+,23?,25+/m0/s1. The van der Waals surface area contributed by atoms with Gasteiger partial charge in [0, 0.05) is 18.5 Å².